The van der Waals surface area contributed by atoms with Crippen molar-refractivity contribution in [2.75, 3.05) is 11.9 Å². The molecular weight excluding hydrogens is 324 g/mol. The van der Waals surface area contributed by atoms with Crippen molar-refractivity contribution in [3.8, 4) is 5.82 Å². The summed E-state index contributed by atoms with van der Waals surface area (Å²) < 4.78 is 6.40. The van der Waals surface area contributed by atoms with Gasteiger partial charge in [-0.15, -0.1) is 10.2 Å². The Morgan fingerprint density at radius 1 is 1.16 bits per heavy atom. The number of para-hydroxylation sites is 1. The van der Waals surface area contributed by atoms with Gasteiger partial charge in [0.15, 0.2) is 11.5 Å². The predicted octanol–water partition coefficient (Wildman–Crippen LogP) is 1.49. The number of ether oxygens (including phenoxy) is 1. The molecule has 0 saturated heterocycles. The Balaban J connectivity index is 1.78. The summed E-state index contributed by atoms with van der Waals surface area (Å²) in [6.45, 7) is 1.96. The van der Waals surface area contributed by atoms with Crippen LogP contribution in [0.3, 0.4) is 0 Å². The van der Waals surface area contributed by atoms with Crippen molar-refractivity contribution in [1.29, 1.82) is 0 Å². The summed E-state index contributed by atoms with van der Waals surface area (Å²) in [7, 11) is 0. The van der Waals surface area contributed by atoms with Crippen LogP contribution in [-0.4, -0.2) is 43.4 Å². The zero-order valence-electron chi connectivity index (χ0n) is 13.3. The highest BCUT2D eigenvalue weighted by Crippen LogP contribution is 2.17. The van der Waals surface area contributed by atoms with Gasteiger partial charge in [-0.25, -0.2) is 14.5 Å². The van der Waals surface area contributed by atoms with Crippen molar-refractivity contribution in [3.05, 3.63) is 60.3 Å². The van der Waals surface area contributed by atoms with E-state index in [0.29, 0.717) is 11.5 Å². The number of esters is 1. The summed E-state index contributed by atoms with van der Waals surface area (Å²) in [6, 6.07) is 9.68. The van der Waals surface area contributed by atoms with Crippen LogP contribution in [0.1, 0.15) is 27.8 Å². The molecular formula is C16H14N6O3. The first-order valence-electron chi connectivity index (χ1n) is 7.45. The number of amides is 1. The molecule has 0 aliphatic rings. The second-order valence-electron chi connectivity index (χ2n) is 4.84. The van der Waals surface area contributed by atoms with Crippen molar-refractivity contribution < 1.29 is 14.3 Å². The molecule has 0 atom stereocenters. The summed E-state index contributed by atoms with van der Waals surface area (Å²) in [5.41, 5.74) is 0.709. The van der Waals surface area contributed by atoms with Crippen LogP contribution in [0.4, 0.5) is 5.69 Å². The van der Waals surface area contributed by atoms with Crippen LogP contribution in [0.25, 0.3) is 5.82 Å². The van der Waals surface area contributed by atoms with Crippen molar-refractivity contribution in [2.24, 2.45) is 0 Å². The van der Waals surface area contributed by atoms with Gasteiger partial charge in [0, 0.05) is 0 Å². The topological polar surface area (TPSA) is 112 Å². The van der Waals surface area contributed by atoms with Crippen molar-refractivity contribution in [3.63, 3.8) is 0 Å². The zero-order chi connectivity index (χ0) is 17.6. The van der Waals surface area contributed by atoms with Gasteiger partial charge in [-0.2, -0.15) is 5.10 Å². The highest BCUT2D eigenvalue weighted by molar-refractivity contribution is 6.07. The third-order valence-electron chi connectivity index (χ3n) is 3.21. The van der Waals surface area contributed by atoms with E-state index in [1.165, 1.54) is 23.4 Å². The number of rotatable bonds is 5. The number of hydrogen-bond donors (Lipinski definition) is 1. The fourth-order valence-electron chi connectivity index (χ4n) is 2.06. The van der Waals surface area contributed by atoms with Gasteiger partial charge in [0.1, 0.15) is 12.7 Å². The maximum atomic E-state index is 12.3. The average molecular weight is 338 g/mol. The number of nitrogens with one attached hydrogen (secondary N) is 1. The molecule has 126 valence electrons. The monoisotopic (exact) mass is 338 g/mol. The molecule has 0 aliphatic carbocycles. The first kappa shape index (κ1) is 16.2. The number of hydrogen-bond acceptors (Lipinski definition) is 7. The fraction of sp³-hybridized carbons (Fsp3) is 0.125. The minimum atomic E-state index is -0.508. The van der Waals surface area contributed by atoms with Crippen LogP contribution in [0, 0.1) is 0 Å². The van der Waals surface area contributed by atoms with E-state index in [0.717, 1.165) is 0 Å². The summed E-state index contributed by atoms with van der Waals surface area (Å²) >= 11 is 0. The molecule has 9 nitrogen and oxygen atoms in total. The zero-order valence-corrected chi connectivity index (χ0v) is 13.3. The number of carbonyl (C=O) groups excluding carboxylic acids is 2. The quantitative estimate of drug-likeness (QED) is 0.701. The number of carbonyl (C=O) groups is 2. The van der Waals surface area contributed by atoms with Crippen molar-refractivity contribution in [1.82, 2.24) is 25.0 Å². The third-order valence-corrected chi connectivity index (χ3v) is 3.21. The Labute approximate surface area is 142 Å². The van der Waals surface area contributed by atoms with Crippen LogP contribution in [-0.2, 0) is 4.74 Å². The van der Waals surface area contributed by atoms with Crippen LogP contribution in [0.2, 0.25) is 0 Å². The van der Waals surface area contributed by atoms with Gasteiger partial charge in [0.2, 0.25) is 0 Å². The lowest BCUT2D eigenvalue weighted by atomic mass is 10.1. The Kier molecular flexibility index (Phi) is 4.74. The van der Waals surface area contributed by atoms with E-state index < -0.39 is 11.9 Å². The average Bonchev–Trinajstić information content (AvgIpc) is 3.17. The Morgan fingerprint density at radius 3 is 2.68 bits per heavy atom. The summed E-state index contributed by atoms with van der Waals surface area (Å²) in [4.78, 5) is 28.1. The highest BCUT2D eigenvalue weighted by Gasteiger charge is 2.16. The molecule has 0 radical (unpaired) electrons. The predicted molar refractivity (Wildman–Crippen MR) is 87.3 cm³/mol. The van der Waals surface area contributed by atoms with Gasteiger partial charge in [-0.3, -0.25) is 4.79 Å². The van der Waals surface area contributed by atoms with Gasteiger partial charge < -0.3 is 10.1 Å². The number of nitrogens with zero attached hydrogens (tertiary/aromatic N) is 5. The molecule has 0 spiro atoms. The second-order valence-corrected chi connectivity index (χ2v) is 4.84. The van der Waals surface area contributed by atoms with Crippen LogP contribution >= 0.6 is 0 Å². The summed E-state index contributed by atoms with van der Waals surface area (Å²) in [5, 5.41) is 14.4. The van der Waals surface area contributed by atoms with Gasteiger partial charge in [-0.1, -0.05) is 12.1 Å². The smallest absolute Gasteiger partial charge is 0.340 e. The van der Waals surface area contributed by atoms with Crippen LogP contribution in [0.15, 0.2) is 49.1 Å². The molecule has 1 amide bonds. The fourth-order valence-corrected chi connectivity index (χ4v) is 2.06. The van der Waals surface area contributed by atoms with Gasteiger partial charge in [0.05, 0.1) is 17.9 Å². The van der Waals surface area contributed by atoms with Gasteiger partial charge in [-0.05, 0) is 31.2 Å². The Hall–Kier alpha value is -3.62. The molecule has 0 bridgehead atoms. The molecule has 2 heterocycles. The van der Waals surface area contributed by atoms with E-state index in [9.17, 15) is 9.59 Å². The van der Waals surface area contributed by atoms with E-state index in [4.69, 9.17) is 4.74 Å². The molecule has 9 heteroatoms. The van der Waals surface area contributed by atoms with E-state index >= 15 is 0 Å². The molecule has 3 aromatic rings. The van der Waals surface area contributed by atoms with E-state index in [-0.39, 0.29) is 17.9 Å². The molecule has 2 aromatic heterocycles. The molecule has 1 aromatic carbocycles. The van der Waals surface area contributed by atoms with Gasteiger partial charge >= 0.3 is 5.97 Å². The highest BCUT2D eigenvalue weighted by atomic mass is 16.5. The number of aromatic nitrogens is 5. The summed E-state index contributed by atoms with van der Waals surface area (Å²) in [6.07, 6.45) is 2.84. The van der Waals surface area contributed by atoms with Crippen molar-refractivity contribution >= 4 is 17.6 Å². The van der Waals surface area contributed by atoms with Crippen LogP contribution in [0.5, 0.6) is 0 Å². The Bertz CT molecular complexity index is 877. The summed E-state index contributed by atoms with van der Waals surface area (Å²) in [5.74, 6) is -0.568. The molecule has 3 rings (SSSR count). The first-order chi connectivity index (χ1) is 12.2. The largest absolute Gasteiger partial charge is 0.462 e. The van der Waals surface area contributed by atoms with E-state index in [1.807, 2.05) is 0 Å². The van der Waals surface area contributed by atoms with E-state index in [2.05, 4.69) is 25.6 Å². The third kappa shape index (κ3) is 3.66. The lowest BCUT2D eigenvalue weighted by molar-refractivity contribution is 0.0527. The molecule has 0 saturated carbocycles. The molecule has 0 unspecified atom stereocenters. The normalized spacial score (nSPS) is 10.3. The molecule has 25 heavy (non-hydrogen) atoms. The van der Waals surface area contributed by atoms with Crippen molar-refractivity contribution in [2.45, 2.75) is 6.92 Å². The SMILES string of the molecule is CCOC(=O)c1ccccc1NC(=O)c1ccc(-n2cncn2)nn1. The lowest BCUT2D eigenvalue weighted by Gasteiger charge is -2.10. The minimum Gasteiger partial charge on any atom is -0.462 e. The minimum absolute atomic E-state index is 0.0996. The first-order valence-corrected chi connectivity index (χ1v) is 7.45. The maximum Gasteiger partial charge on any atom is 0.340 e. The Morgan fingerprint density at radius 2 is 2.00 bits per heavy atom. The van der Waals surface area contributed by atoms with Crippen LogP contribution < -0.4 is 5.32 Å². The maximum absolute atomic E-state index is 12.3. The lowest BCUT2D eigenvalue weighted by Crippen LogP contribution is -2.17. The van der Waals surface area contributed by atoms with Gasteiger partial charge in [0.25, 0.3) is 5.91 Å². The number of anilines is 1. The second kappa shape index (κ2) is 7.30. The molecule has 0 aliphatic heterocycles. The number of benzene rings is 1. The molecule has 0 fully saturated rings. The van der Waals surface area contributed by atoms with E-state index in [1.54, 1.807) is 37.3 Å². The standard InChI is InChI=1S/C16H14N6O3/c1-2-25-16(24)11-5-3-4-6-12(11)19-15(23)13-7-8-14(21-20-13)22-10-17-9-18-22/h3-10H,2H2,1H3,(H,19,23). The molecule has 1 N–H and O–H groups in total.